The van der Waals surface area contributed by atoms with Gasteiger partial charge < -0.3 is 10.1 Å². The number of halogens is 2. The lowest BCUT2D eigenvalue weighted by molar-refractivity contribution is -0.113. The number of anilines is 1. The van der Waals surface area contributed by atoms with Gasteiger partial charge in [0.2, 0.25) is 5.91 Å². The van der Waals surface area contributed by atoms with Gasteiger partial charge in [-0.3, -0.25) is 4.79 Å². The third-order valence-corrected chi connectivity index (χ3v) is 7.10. The molecule has 0 aliphatic carbocycles. The number of amides is 1. The average molecular weight is 534 g/mol. The van der Waals surface area contributed by atoms with Gasteiger partial charge in [0, 0.05) is 16.8 Å². The molecule has 0 aliphatic rings. The smallest absolute Gasteiger partial charge is 0.234 e. The molecule has 0 radical (unpaired) electrons. The molecule has 0 spiro atoms. The fourth-order valence-corrected chi connectivity index (χ4v) is 4.61. The van der Waals surface area contributed by atoms with Crippen LogP contribution in [0.1, 0.15) is 11.1 Å². The number of carbonyl (C=O) groups excluding carboxylic acids is 1. The Morgan fingerprint density at radius 3 is 2.33 bits per heavy atom. The van der Waals surface area contributed by atoms with Crippen molar-refractivity contribution in [3.8, 4) is 34.2 Å². The number of methoxy groups -OCH3 is 1. The predicted octanol–water partition coefficient (Wildman–Crippen LogP) is 7.64. The van der Waals surface area contributed by atoms with Crippen LogP contribution in [0.3, 0.4) is 0 Å². The highest BCUT2D eigenvalue weighted by atomic mass is 35.5. The molecule has 180 valence electrons. The lowest BCUT2D eigenvalue weighted by Crippen LogP contribution is -2.14. The van der Waals surface area contributed by atoms with Crippen LogP contribution in [0, 0.1) is 18.3 Å². The maximum absolute atomic E-state index is 12.7. The second-order valence-electron chi connectivity index (χ2n) is 7.91. The van der Waals surface area contributed by atoms with Crippen molar-refractivity contribution in [3.05, 3.63) is 94.0 Å². The number of ether oxygens (including phenoxy) is 1. The highest BCUT2D eigenvalue weighted by molar-refractivity contribution is 8.00. The van der Waals surface area contributed by atoms with E-state index in [1.807, 2.05) is 61.5 Å². The Morgan fingerprint density at radius 2 is 1.69 bits per heavy atom. The Morgan fingerprint density at radius 1 is 1.00 bits per heavy atom. The summed E-state index contributed by atoms with van der Waals surface area (Å²) in [6.45, 7) is 2.02. The zero-order valence-electron chi connectivity index (χ0n) is 19.5. The van der Waals surface area contributed by atoms with Crippen molar-refractivity contribution < 1.29 is 9.53 Å². The second kappa shape index (κ2) is 11.5. The van der Waals surface area contributed by atoms with Crippen molar-refractivity contribution in [3.63, 3.8) is 0 Å². The Kier molecular flexibility index (Phi) is 8.17. The van der Waals surface area contributed by atoms with E-state index in [4.69, 9.17) is 32.9 Å². The third-order valence-electron chi connectivity index (χ3n) is 5.39. The summed E-state index contributed by atoms with van der Waals surface area (Å²) in [6.07, 6.45) is 0. The number of nitrogens with one attached hydrogen (secondary N) is 1. The van der Waals surface area contributed by atoms with E-state index in [1.54, 1.807) is 25.3 Å². The van der Waals surface area contributed by atoms with Gasteiger partial charge in [0.05, 0.1) is 34.2 Å². The zero-order chi connectivity index (χ0) is 25.7. The molecule has 1 aromatic heterocycles. The van der Waals surface area contributed by atoms with Crippen LogP contribution < -0.4 is 10.1 Å². The summed E-state index contributed by atoms with van der Waals surface area (Å²) in [5.41, 5.74) is 5.30. The number of pyridine rings is 1. The van der Waals surface area contributed by atoms with E-state index < -0.39 is 0 Å². The Labute approximate surface area is 224 Å². The van der Waals surface area contributed by atoms with Gasteiger partial charge in [0.1, 0.15) is 16.8 Å². The van der Waals surface area contributed by atoms with Gasteiger partial charge in [0.25, 0.3) is 0 Å². The normalized spacial score (nSPS) is 10.5. The average Bonchev–Trinajstić information content (AvgIpc) is 2.89. The minimum atomic E-state index is -0.254. The van der Waals surface area contributed by atoms with Crippen molar-refractivity contribution in [2.24, 2.45) is 0 Å². The van der Waals surface area contributed by atoms with E-state index in [9.17, 15) is 10.1 Å². The molecule has 0 saturated heterocycles. The molecular formula is C28H21Cl2N3O2S. The standard InChI is InChI=1S/C28H21Cl2N3O2S/c1-17-3-5-19(6-4-17)26-14-22(18-7-10-21(35-2)11-8-18)23(15-31)28(33-26)36-16-27(34)32-20-9-12-24(29)25(30)13-20/h3-14H,16H2,1-2H3,(H,32,34). The highest BCUT2D eigenvalue weighted by Crippen LogP contribution is 2.35. The van der Waals surface area contributed by atoms with Gasteiger partial charge in [-0.15, -0.1) is 0 Å². The number of nitriles is 1. The van der Waals surface area contributed by atoms with Crippen LogP contribution in [-0.2, 0) is 4.79 Å². The number of hydrogen-bond acceptors (Lipinski definition) is 5. The van der Waals surface area contributed by atoms with E-state index >= 15 is 0 Å². The van der Waals surface area contributed by atoms with E-state index in [-0.39, 0.29) is 11.7 Å². The Bertz CT molecular complexity index is 1450. The minimum Gasteiger partial charge on any atom is -0.497 e. The first kappa shape index (κ1) is 25.6. The molecule has 1 N–H and O–H groups in total. The van der Waals surface area contributed by atoms with E-state index in [2.05, 4.69) is 11.4 Å². The van der Waals surface area contributed by atoms with Crippen LogP contribution in [0.15, 0.2) is 77.8 Å². The monoisotopic (exact) mass is 533 g/mol. The van der Waals surface area contributed by atoms with Crippen LogP contribution in [0.2, 0.25) is 10.0 Å². The first-order valence-corrected chi connectivity index (χ1v) is 12.7. The SMILES string of the molecule is COc1ccc(-c2cc(-c3ccc(C)cc3)nc(SCC(=O)Nc3ccc(Cl)c(Cl)c3)c2C#N)cc1. The van der Waals surface area contributed by atoms with Gasteiger partial charge in [-0.05, 0) is 48.9 Å². The molecule has 0 fully saturated rings. The molecule has 4 rings (SSSR count). The van der Waals surface area contributed by atoms with Crippen LogP contribution >= 0.6 is 35.0 Å². The van der Waals surface area contributed by atoms with Gasteiger partial charge in [-0.2, -0.15) is 5.26 Å². The molecule has 0 unspecified atom stereocenters. The molecule has 0 aliphatic heterocycles. The first-order chi connectivity index (χ1) is 17.4. The van der Waals surface area contributed by atoms with Crippen LogP contribution in [0.25, 0.3) is 22.4 Å². The number of aryl methyl sites for hydroxylation is 1. The Hall–Kier alpha value is -3.50. The van der Waals surface area contributed by atoms with E-state index in [0.29, 0.717) is 32.0 Å². The van der Waals surface area contributed by atoms with Crippen molar-refractivity contribution >= 4 is 46.6 Å². The molecule has 4 aromatic rings. The van der Waals surface area contributed by atoms with Gasteiger partial charge in [-0.1, -0.05) is 76.9 Å². The summed E-state index contributed by atoms with van der Waals surface area (Å²) in [5.74, 6) is 0.524. The lowest BCUT2D eigenvalue weighted by atomic mass is 9.99. The predicted molar refractivity (Wildman–Crippen MR) is 147 cm³/mol. The topological polar surface area (TPSA) is 75.0 Å². The summed E-state index contributed by atoms with van der Waals surface area (Å²) in [7, 11) is 1.61. The number of thioether (sulfide) groups is 1. The fourth-order valence-electron chi connectivity index (χ4n) is 3.51. The molecule has 8 heteroatoms. The van der Waals surface area contributed by atoms with Crippen molar-refractivity contribution in [1.29, 1.82) is 5.26 Å². The van der Waals surface area contributed by atoms with Crippen molar-refractivity contribution in [2.45, 2.75) is 11.9 Å². The molecular weight excluding hydrogens is 513 g/mol. The zero-order valence-corrected chi connectivity index (χ0v) is 21.8. The van der Waals surface area contributed by atoms with Crippen molar-refractivity contribution in [1.82, 2.24) is 4.98 Å². The third kappa shape index (κ3) is 6.00. The Balaban J connectivity index is 1.68. The number of rotatable bonds is 7. The maximum atomic E-state index is 12.7. The summed E-state index contributed by atoms with van der Waals surface area (Å²) in [4.78, 5) is 17.4. The summed E-state index contributed by atoms with van der Waals surface area (Å²) >= 11 is 13.2. The van der Waals surface area contributed by atoms with Crippen molar-refractivity contribution in [2.75, 3.05) is 18.2 Å². The van der Waals surface area contributed by atoms with Crippen LogP contribution in [0.5, 0.6) is 5.75 Å². The molecule has 0 bridgehead atoms. The summed E-state index contributed by atoms with van der Waals surface area (Å²) < 4.78 is 5.28. The van der Waals surface area contributed by atoms with Gasteiger partial charge >= 0.3 is 0 Å². The van der Waals surface area contributed by atoms with E-state index in [1.165, 1.54) is 11.8 Å². The lowest BCUT2D eigenvalue weighted by Gasteiger charge is -2.13. The first-order valence-electron chi connectivity index (χ1n) is 10.9. The van der Waals surface area contributed by atoms with Crippen LogP contribution in [-0.4, -0.2) is 23.8 Å². The fraction of sp³-hybridized carbons (Fsp3) is 0.107. The quantitative estimate of drug-likeness (QED) is 0.247. The van der Waals surface area contributed by atoms with E-state index in [0.717, 1.165) is 28.0 Å². The maximum Gasteiger partial charge on any atom is 0.234 e. The van der Waals surface area contributed by atoms with Gasteiger partial charge in [-0.25, -0.2) is 4.98 Å². The van der Waals surface area contributed by atoms with Gasteiger partial charge in [0.15, 0.2) is 0 Å². The number of nitrogens with zero attached hydrogens (tertiary/aromatic N) is 2. The minimum absolute atomic E-state index is 0.0569. The molecule has 5 nitrogen and oxygen atoms in total. The summed E-state index contributed by atoms with van der Waals surface area (Å²) in [6, 6.07) is 24.6. The van der Waals surface area contributed by atoms with Crippen LogP contribution in [0.4, 0.5) is 5.69 Å². The summed E-state index contributed by atoms with van der Waals surface area (Å²) in [5, 5.41) is 14.1. The number of carbonyl (C=O) groups is 1. The molecule has 0 atom stereocenters. The molecule has 0 saturated carbocycles. The molecule has 1 amide bonds. The molecule has 3 aromatic carbocycles. The number of aromatic nitrogens is 1. The number of benzene rings is 3. The number of hydrogen-bond donors (Lipinski definition) is 1. The highest BCUT2D eigenvalue weighted by Gasteiger charge is 2.17. The second-order valence-corrected chi connectivity index (χ2v) is 9.69. The largest absolute Gasteiger partial charge is 0.497 e. The molecule has 36 heavy (non-hydrogen) atoms. The molecule has 1 heterocycles.